The zero-order chi connectivity index (χ0) is 17.3. The van der Waals surface area contributed by atoms with Gasteiger partial charge in [-0.2, -0.15) is 0 Å². The lowest BCUT2D eigenvalue weighted by atomic mass is 10.1. The van der Waals surface area contributed by atoms with Crippen LogP contribution >= 0.6 is 48.3 Å². The second-order valence-corrected chi connectivity index (χ2v) is 8.14. The van der Waals surface area contributed by atoms with Crippen molar-refractivity contribution in [3.8, 4) is 0 Å². The van der Waals surface area contributed by atoms with E-state index in [-0.39, 0.29) is 24.8 Å². The third-order valence-corrected chi connectivity index (χ3v) is 6.56. The third-order valence-electron chi connectivity index (χ3n) is 4.70. The molecule has 0 radical (unpaired) electrons. The molecule has 2 aromatic rings. The molecular weight excluding hydrogens is 431 g/mol. The first-order valence-corrected chi connectivity index (χ1v) is 10.6. The van der Waals surface area contributed by atoms with E-state index in [9.17, 15) is 0 Å². The van der Waals surface area contributed by atoms with Crippen LogP contribution in [0.2, 0.25) is 0 Å². The summed E-state index contributed by atoms with van der Waals surface area (Å²) in [5, 5.41) is 7.77. The van der Waals surface area contributed by atoms with Crippen molar-refractivity contribution in [2.75, 3.05) is 17.6 Å². The summed E-state index contributed by atoms with van der Waals surface area (Å²) in [5.41, 5.74) is 6.18. The van der Waals surface area contributed by atoms with E-state index in [1.165, 1.54) is 22.5 Å². The van der Waals surface area contributed by atoms with Crippen LogP contribution in [0.25, 0.3) is 0 Å². The van der Waals surface area contributed by atoms with Crippen LogP contribution in [0.3, 0.4) is 0 Å². The van der Waals surface area contributed by atoms with E-state index in [2.05, 4.69) is 69.1 Å². The normalized spacial score (nSPS) is 16.6. The summed E-state index contributed by atoms with van der Waals surface area (Å²) in [7, 11) is 0. The minimum absolute atomic E-state index is 0. The average molecular weight is 451 g/mol. The highest BCUT2D eigenvalue weighted by atomic mass is 35.5. The first kappa shape index (κ1) is 21.1. The van der Waals surface area contributed by atoms with Gasteiger partial charge in [-0.25, -0.2) is 4.99 Å². The molecule has 0 fully saturated rings. The summed E-state index contributed by atoms with van der Waals surface area (Å²) in [5.74, 6) is 0.899. The lowest BCUT2D eigenvalue weighted by Crippen LogP contribution is -2.27. The van der Waals surface area contributed by atoms with Gasteiger partial charge in [-0.15, -0.1) is 24.8 Å². The molecule has 146 valence electrons. The molecule has 0 saturated carbocycles. The fourth-order valence-electron chi connectivity index (χ4n) is 3.29. The predicted octanol–water partition coefficient (Wildman–Crippen LogP) is 5.68. The van der Waals surface area contributed by atoms with Gasteiger partial charge in [-0.3, -0.25) is 4.99 Å². The number of thioether (sulfide) groups is 2. The number of benzene rings is 2. The van der Waals surface area contributed by atoms with E-state index < -0.39 is 0 Å². The Hall–Kier alpha value is -1.60. The maximum absolute atomic E-state index is 4.87. The van der Waals surface area contributed by atoms with Crippen molar-refractivity contribution in [3.63, 3.8) is 0 Å². The van der Waals surface area contributed by atoms with Crippen molar-refractivity contribution in [3.05, 3.63) is 70.8 Å². The maximum Gasteiger partial charge on any atom is 0.173 e. The van der Waals surface area contributed by atoms with Crippen molar-refractivity contribution in [1.29, 1.82) is 0 Å². The van der Waals surface area contributed by atoms with E-state index in [1.54, 1.807) is 23.5 Å². The zero-order valence-electron chi connectivity index (χ0n) is 15.0. The number of hydrogen-bond donors (Lipinski definition) is 1. The molecule has 5 rings (SSSR count). The molecule has 0 bridgehead atoms. The molecule has 2 aromatic carbocycles. The van der Waals surface area contributed by atoms with Crippen molar-refractivity contribution < 1.29 is 0 Å². The Bertz CT molecular complexity index is 959. The molecule has 3 heterocycles. The van der Waals surface area contributed by atoms with Gasteiger partial charge in [0.15, 0.2) is 10.3 Å². The molecule has 3 aliphatic rings. The molecular formula is C20H20Cl2N4S2. The van der Waals surface area contributed by atoms with Gasteiger partial charge in [0.05, 0.1) is 12.2 Å². The molecule has 0 aliphatic carbocycles. The minimum Gasteiger partial charge on any atom is -0.335 e. The van der Waals surface area contributed by atoms with Gasteiger partial charge < -0.3 is 10.2 Å². The summed E-state index contributed by atoms with van der Waals surface area (Å²) < 4.78 is 0. The van der Waals surface area contributed by atoms with E-state index in [4.69, 9.17) is 4.99 Å². The van der Waals surface area contributed by atoms with Crippen molar-refractivity contribution in [2.24, 2.45) is 9.98 Å². The number of nitrogens with zero attached hydrogens (tertiary/aromatic N) is 3. The molecule has 1 N–H and O–H groups in total. The van der Waals surface area contributed by atoms with Gasteiger partial charge in [0.2, 0.25) is 0 Å². The standard InChI is InChI=1S/C20H18N4S2.2ClH/c1-3-7-17-14(5-1)9-10-24-16(13-26-20(24)23-17)12-25-19-21-11-15-6-2-4-8-18(15)22-19;;/h1-8,13H,9-12H2,(H,21,22);2*1H. The van der Waals surface area contributed by atoms with Gasteiger partial charge in [-0.05, 0) is 35.1 Å². The Morgan fingerprint density at radius 3 is 2.71 bits per heavy atom. The zero-order valence-corrected chi connectivity index (χ0v) is 18.3. The molecule has 0 spiro atoms. The predicted molar refractivity (Wildman–Crippen MR) is 128 cm³/mol. The first-order chi connectivity index (χ1) is 12.9. The molecule has 0 unspecified atom stereocenters. The van der Waals surface area contributed by atoms with Crippen LogP contribution in [0.4, 0.5) is 11.4 Å². The molecule has 0 atom stereocenters. The molecule has 0 saturated heterocycles. The van der Waals surface area contributed by atoms with Gasteiger partial charge >= 0.3 is 0 Å². The van der Waals surface area contributed by atoms with Crippen LogP contribution in [0.5, 0.6) is 0 Å². The van der Waals surface area contributed by atoms with Crippen LogP contribution in [-0.2, 0) is 13.0 Å². The number of anilines is 1. The lowest BCUT2D eigenvalue weighted by Gasteiger charge is -2.22. The summed E-state index contributed by atoms with van der Waals surface area (Å²) in [6.45, 7) is 1.74. The van der Waals surface area contributed by atoms with Crippen LogP contribution < -0.4 is 5.32 Å². The minimum atomic E-state index is 0. The highest BCUT2D eigenvalue weighted by molar-refractivity contribution is 8.17. The van der Waals surface area contributed by atoms with Crippen LogP contribution in [0, 0.1) is 0 Å². The fourth-order valence-corrected chi connectivity index (χ4v) is 5.20. The maximum atomic E-state index is 4.87. The number of rotatable bonds is 2. The molecule has 8 heteroatoms. The summed E-state index contributed by atoms with van der Waals surface area (Å²) in [4.78, 5) is 11.9. The van der Waals surface area contributed by atoms with Crippen LogP contribution in [0.1, 0.15) is 11.1 Å². The smallest absolute Gasteiger partial charge is 0.173 e. The Labute approximate surface area is 185 Å². The van der Waals surface area contributed by atoms with Gasteiger partial charge in [-0.1, -0.05) is 59.9 Å². The second-order valence-electron chi connectivity index (χ2n) is 6.34. The van der Waals surface area contributed by atoms with Crippen molar-refractivity contribution in [2.45, 2.75) is 13.0 Å². The number of amidine groups is 2. The molecule has 3 aliphatic heterocycles. The monoisotopic (exact) mass is 450 g/mol. The summed E-state index contributed by atoms with van der Waals surface area (Å²) in [6, 6.07) is 16.8. The van der Waals surface area contributed by atoms with Crippen LogP contribution in [-0.4, -0.2) is 27.5 Å². The quantitative estimate of drug-likeness (QED) is 0.638. The van der Waals surface area contributed by atoms with E-state index in [1.807, 2.05) is 0 Å². The Morgan fingerprint density at radius 1 is 1.04 bits per heavy atom. The fraction of sp³-hybridized carbons (Fsp3) is 0.200. The van der Waals surface area contributed by atoms with Gasteiger partial charge in [0.25, 0.3) is 0 Å². The topological polar surface area (TPSA) is 40.0 Å². The van der Waals surface area contributed by atoms with Gasteiger partial charge in [0, 0.05) is 23.7 Å². The Morgan fingerprint density at radius 2 is 1.82 bits per heavy atom. The van der Waals surface area contributed by atoms with E-state index in [0.29, 0.717) is 0 Å². The molecule has 28 heavy (non-hydrogen) atoms. The van der Waals surface area contributed by atoms with Crippen molar-refractivity contribution in [1.82, 2.24) is 4.90 Å². The first-order valence-electron chi connectivity index (χ1n) is 8.69. The van der Waals surface area contributed by atoms with E-state index >= 15 is 0 Å². The van der Waals surface area contributed by atoms with Gasteiger partial charge in [0.1, 0.15) is 0 Å². The molecule has 4 nitrogen and oxygen atoms in total. The molecule has 0 aromatic heterocycles. The van der Waals surface area contributed by atoms with Crippen LogP contribution in [0.15, 0.2) is 69.6 Å². The SMILES string of the molecule is C1=C(CSC2=NCc3ccccc3N2)N2CCc3ccccc3N=C2S1.Cl.Cl. The number of fused-ring (bicyclic) bond motifs is 3. The largest absolute Gasteiger partial charge is 0.335 e. The highest BCUT2D eigenvalue weighted by Gasteiger charge is 2.26. The Balaban J connectivity index is 0.00000112. The Kier molecular flexibility index (Phi) is 6.99. The number of para-hydroxylation sites is 2. The third kappa shape index (κ3) is 4.20. The number of aliphatic imine (C=N–C) groups is 2. The number of hydrogen-bond acceptors (Lipinski definition) is 6. The number of nitrogens with one attached hydrogen (secondary N) is 1. The summed E-state index contributed by atoms with van der Waals surface area (Å²) >= 11 is 3.49. The lowest BCUT2D eigenvalue weighted by molar-refractivity contribution is 0.538. The summed E-state index contributed by atoms with van der Waals surface area (Å²) in [6.07, 6.45) is 1.03. The van der Waals surface area contributed by atoms with E-state index in [0.717, 1.165) is 41.3 Å². The second kappa shape index (κ2) is 9.27. The average Bonchev–Trinajstić information content (AvgIpc) is 2.96. The number of halogens is 2. The highest BCUT2D eigenvalue weighted by Crippen LogP contribution is 2.35. The van der Waals surface area contributed by atoms with Crippen molar-refractivity contribution >= 4 is 70.0 Å². The molecule has 0 amide bonds.